The molecule has 5 rings (SSSR count). The lowest BCUT2D eigenvalue weighted by Gasteiger charge is -2.14. The van der Waals surface area contributed by atoms with Crippen LogP contribution < -0.4 is 15.8 Å². The Kier molecular flexibility index (Phi) is 7.52. The Morgan fingerprint density at radius 2 is 1.59 bits per heavy atom. The van der Waals surface area contributed by atoms with Gasteiger partial charge < -0.3 is 25.3 Å². The van der Waals surface area contributed by atoms with Gasteiger partial charge in [-0.25, -0.2) is 4.79 Å². The van der Waals surface area contributed by atoms with Crippen molar-refractivity contribution < 1.29 is 23.8 Å². The largest absolute Gasteiger partial charge is 0.489 e. The first-order chi connectivity index (χ1) is 18.9. The third kappa shape index (κ3) is 6.05. The van der Waals surface area contributed by atoms with E-state index in [-0.39, 0.29) is 17.9 Å². The second-order valence-corrected chi connectivity index (χ2v) is 9.49. The third-order valence-electron chi connectivity index (χ3n) is 6.33. The second-order valence-electron chi connectivity index (χ2n) is 9.05. The molecule has 1 amide bonds. The Balaban J connectivity index is 1.27. The van der Waals surface area contributed by atoms with E-state index in [2.05, 4.69) is 5.32 Å². The normalized spacial score (nSPS) is 11.7. The van der Waals surface area contributed by atoms with E-state index in [4.69, 9.17) is 26.5 Å². The number of nitrogens with one attached hydrogen (secondary N) is 1. The molecule has 0 unspecified atom stereocenters. The van der Waals surface area contributed by atoms with Gasteiger partial charge in [-0.2, -0.15) is 0 Å². The average molecular weight is 541 g/mol. The first kappa shape index (κ1) is 25.9. The minimum atomic E-state index is -1.19. The minimum absolute atomic E-state index is 0.0703. The molecule has 0 radical (unpaired) electrons. The van der Waals surface area contributed by atoms with Crippen molar-refractivity contribution in [2.24, 2.45) is 0 Å². The lowest BCUT2D eigenvalue weighted by atomic mass is 10.0. The summed E-state index contributed by atoms with van der Waals surface area (Å²) in [5.74, 6) is -1.35. The van der Waals surface area contributed by atoms with Gasteiger partial charge in [0, 0.05) is 16.8 Å². The summed E-state index contributed by atoms with van der Waals surface area (Å²) in [6.07, 6.45) is 0.0703. The molecule has 0 aliphatic rings. The number of hydrogen-bond acceptors (Lipinski definition) is 5. The maximum Gasteiger partial charge on any atom is 0.326 e. The quantitative estimate of drug-likeness (QED) is 0.201. The molecule has 1 aromatic heterocycles. The van der Waals surface area contributed by atoms with Crippen LogP contribution in [0, 0.1) is 0 Å². The van der Waals surface area contributed by atoms with Crippen LogP contribution in [0.5, 0.6) is 5.75 Å². The van der Waals surface area contributed by atoms with Gasteiger partial charge in [0.25, 0.3) is 5.91 Å². The summed E-state index contributed by atoms with van der Waals surface area (Å²) in [6, 6.07) is 28.4. The molecule has 0 fully saturated rings. The molecule has 1 heterocycles. The number of benzene rings is 4. The van der Waals surface area contributed by atoms with Crippen molar-refractivity contribution in [3.63, 3.8) is 0 Å². The van der Waals surface area contributed by atoms with E-state index in [1.165, 1.54) is 0 Å². The summed E-state index contributed by atoms with van der Waals surface area (Å²) < 4.78 is 11.6. The number of carbonyl (C=O) groups excluding carboxylic acids is 1. The van der Waals surface area contributed by atoms with Gasteiger partial charge in [-0.1, -0.05) is 72.3 Å². The molecule has 39 heavy (non-hydrogen) atoms. The van der Waals surface area contributed by atoms with E-state index in [0.717, 1.165) is 22.3 Å². The number of hydrogen-bond donors (Lipinski definition) is 3. The highest BCUT2D eigenvalue weighted by Gasteiger charge is 2.25. The van der Waals surface area contributed by atoms with Gasteiger partial charge in [0.05, 0.1) is 5.69 Å². The van der Waals surface area contributed by atoms with E-state index < -0.39 is 17.9 Å². The van der Waals surface area contributed by atoms with Gasteiger partial charge in [0.1, 0.15) is 24.0 Å². The number of nitrogens with two attached hydrogens (primary N) is 1. The minimum Gasteiger partial charge on any atom is -0.489 e. The van der Waals surface area contributed by atoms with Crippen LogP contribution in [-0.4, -0.2) is 23.0 Å². The Hall–Kier alpha value is -4.75. The molecule has 0 spiro atoms. The van der Waals surface area contributed by atoms with Crippen LogP contribution in [0.4, 0.5) is 5.69 Å². The van der Waals surface area contributed by atoms with Crippen molar-refractivity contribution in [1.82, 2.24) is 5.32 Å². The predicted octanol–water partition coefficient (Wildman–Crippen LogP) is 6.34. The lowest BCUT2D eigenvalue weighted by molar-refractivity contribution is -0.139. The number of rotatable bonds is 9. The van der Waals surface area contributed by atoms with Crippen molar-refractivity contribution in [3.05, 3.63) is 119 Å². The topological polar surface area (TPSA) is 115 Å². The zero-order valence-corrected chi connectivity index (χ0v) is 21.5. The summed E-state index contributed by atoms with van der Waals surface area (Å²) in [5, 5.41) is 13.5. The van der Waals surface area contributed by atoms with Crippen LogP contribution in [-0.2, 0) is 17.8 Å². The summed E-state index contributed by atoms with van der Waals surface area (Å²) in [4.78, 5) is 25.0. The van der Waals surface area contributed by atoms with Crippen molar-refractivity contribution in [2.45, 2.75) is 19.1 Å². The van der Waals surface area contributed by atoms with Crippen LogP contribution in [0.3, 0.4) is 0 Å². The van der Waals surface area contributed by atoms with Gasteiger partial charge in [-0.3, -0.25) is 4.79 Å². The second kappa shape index (κ2) is 11.3. The molecule has 0 saturated carbocycles. The average Bonchev–Trinajstić information content (AvgIpc) is 3.29. The van der Waals surface area contributed by atoms with Crippen molar-refractivity contribution in [2.75, 3.05) is 5.73 Å². The Labute approximate surface area is 229 Å². The number of furan rings is 1. The standard InChI is InChI=1S/C31H25ClN2O5/c32-23-11-8-21(9-12-23)22-10-15-25-27(17-22)39-29(28(25)33)30(35)34-26(31(36)37)16-19-6-13-24(14-7-19)38-18-20-4-2-1-3-5-20/h1-15,17,26H,16,18,33H2,(H,34,35)(H,36,37)/t26-/m0/s1. The smallest absolute Gasteiger partial charge is 0.326 e. The Morgan fingerprint density at radius 1 is 0.897 bits per heavy atom. The molecule has 1 atom stereocenters. The zero-order valence-electron chi connectivity index (χ0n) is 20.8. The van der Waals surface area contributed by atoms with Gasteiger partial charge in [0.15, 0.2) is 0 Å². The molecule has 0 saturated heterocycles. The first-order valence-electron chi connectivity index (χ1n) is 12.2. The molecule has 8 heteroatoms. The molecule has 196 valence electrons. The van der Waals surface area contributed by atoms with Crippen LogP contribution >= 0.6 is 11.6 Å². The van der Waals surface area contributed by atoms with Gasteiger partial charge >= 0.3 is 5.97 Å². The van der Waals surface area contributed by atoms with Crippen molar-refractivity contribution in [1.29, 1.82) is 0 Å². The number of carboxylic acid groups (broad SMARTS) is 1. The van der Waals surface area contributed by atoms with E-state index in [9.17, 15) is 14.7 Å². The fourth-order valence-corrected chi connectivity index (χ4v) is 4.36. The molecule has 7 nitrogen and oxygen atoms in total. The van der Waals surface area contributed by atoms with Crippen LogP contribution in [0.2, 0.25) is 5.02 Å². The summed E-state index contributed by atoms with van der Waals surface area (Å²) >= 11 is 5.98. The number of fused-ring (bicyclic) bond motifs is 1. The van der Waals surface area contributed by atoms with Crippen molar-refractivity contribution >= 4 is 40.1 Å². The summed E-state index contributed by atoms with van der Waals surface area (Å²) in [5.41, 5.74) is 10.3. The van der Waals surface area contributed by atoms with Gasteiger partial charge in [0.2, 0.25) is 5.76 Å². The Bertz CT molecular complexity index is 1610. The van der Waals surface area contributed by atoms with Crippen LogP contribution in [0.1, 0.15) is 21.7 Å². The van der Waals surface area contributed by atoms with E-state index in [0.29, 0.717) is 28.3 Å². The van der Waals surface area contributed by atoms with Crippen LogP contribution in [0.25, 0.3) is 22.1 Å². The van der Waals surface area contributed by atoms with Gasteiger partial charge in [-0.15, -0.1) is 0 Å². The number of anilines is 1. The lowest BCUT2D eigenvalue weighted by Crippen LogP contribution is -2.42. The molecule has 4 aromatic carbocycles. The molecule has 0 aliphatic carbocycles. The summed E-state index contributed by atoms with van der Waals surface area (Å²) in [7, 11) is 0. The molecule has 0 aliphatic heterocycles. The summed E-state index contributed by atoms with van der Waals surface area (Å²) in [6.45, 7) is 0.425. The number of carbonyl (C=O) groups is 2. The maximum absolute atomic E-state index is 13.0. The number of nitrogen functional groups attached to an aromatic ring is 1. The van der Waals surface area contributed by atoms with E-state index in [1.807, 2.05) is 48.5 Å². The molecular formula is C31H25ClN2O5. The Morgan fingerprint density at radius 3 is 2.28 bits per heavy atom. The van der Waals surface area contributed by atoms with E-state index in [1.54, 1.807) is 48.5 Å². The van der Waals surface area contributed by atoms with Crippen LogP contribution in [0.15, 0.2) is 101 Å². The highest BCUT2D eigenvalue weighted by Crippen LogP contribution is 2.32. The number of aliphatic carboxylic acids is 1. The molecule has 0 bridgehead atoms. The number of halogens is 1. The highest BCUT2D eigenvalue weighted by atomic mass is 35.5. The molecular weight excluding hydrogens is 516 g/mol. The third-order valence-corrected chi connectivity index (χ3v) is 6.58. The molecule has 5 aromatic rings. The first-order valence-corrected chi connectivity index (χ1v) is 12.6. The highest BCUT2D eigenvalue weighted by molar-refractivity contribution is 6.30. The maximum atomic E-state index is 13.0. The van der Waals surface area contributed by atoms with E-state index >= 15 is 0 Å². The zero-order chi connectivity index (χ0) is 27.4. The number of carboxylic acids is 1. The number of amides is 1. The van der Waals surface area contributed by atoms with Gasteiger partial charge in [-0.05, 0) is 58.7 Å². The fourth-order valence-electron chi connectivity index (χ4n) is 4.23. The van der Waals surface area contributed by atoms with Crippen molar-refractivity contribution in [3.8, 4) is 16.9 Å². The predicted molar refractivity (Wildman–Crippen MR) is 151 cm³/mol. The SMILES string of the molecule is Nc1c(C(=O)N[C@@H](Cc2ccc(OCc3ccccc3)cc2)C(=O)O)oc2cc(-c3ccc(Cl)cc3)ccc12. The monoisotopic (exact) mass is 540 g/mol. The molecule has 4 N–H and O–H groups in total. The number of ether oxygens (including phenoxy) is 1. The fraction of sp³-hybridized carbons (Fsp3) is 0.0968.